The van der Waals surface area contributed by atoms with Crippen LogP contribution in [0.2, 0.25) is 0 Å². The van der Waals surface area contributed by atoms with E-state index < -0.39 is 0 Å². The second-order valence-electron chi connectivity index (χ2n) is 5.26. The van der Waals surface area contributed by atoms with E-state index in [2.05, 4.69) is 15.0 Å². The van der Waals surface area contributed by atoms with E-state index in [0.717, 1.165) is 21.8 Å². The Morgan fingerprint density at radius 1 is 1.35 bits per heavy atom. The van der Waals surface area contributed by atoms with E-state index >= 15 is 0 Å². The molecule has 0 saturated heterocycles. The van der Waals surface area contributed by atoms with Gasteiger partial charge in [0.2, 0.25) is 0 Å². The summed E-state index contributed by atoms with van der Waals surface area (Å²) in [4.78, 5) is 30.5. The summed E-state index contributed by atoms with van der Waals surface area (Å²) in [5.74, 6) is 0.375. The zero-order valence-corrected chi connectivity index (χ0v) is 13.4. The number of pyridine rings is 2. The molecule has 0 radical (unpaired) electrons. The highest BCUT2D eigenvalue weighted by Gasteiger charge is 2.20. The third kappa shape index (κ3) is 2.55. The molecule has 0 saturated carbocycles. The molecule has 0 aliphatic carbocycles. The van der Waals surface area contributed by atoms with Crippen LogP contribution in [0.5, 0.6) is 0 Å². The molecule has 3 rings (SSSR count). The van der Waals surface area contributed by atoms with E-state index in [9.17, 15) is 4.79 Å². The van der Waals surface area contributed by atoms with Crippen molar-refractivity contribution in [2.24, 2.45) is 7.05 Å². The van der Waals surface area contributed by atoms with Gasteiger partial charge in [0.15, 0.2) is 5.65 Å². The summed E-state index contributed by atoms with van der Waals surface area (Å²) in [5.41, 5.74) is 3.70. The lowest BCUT2D eigenvalue weighted by Gasteiger charge is -2.15. The minimum Gasteiger partial charge on any atom is -0.312 e. The third-order valence-electron chi connectivity index (χ3n) is 3.70. The molecule has 0 bridgehead atoms. The smallest absolute Gasteiger partial charge is 0.279 e. The fraction of sp³-hybridized carbons (Fsp3) is 0.250. The maximum absolute atomic E-state index is 12.5. The number of imidazole rings is 1. The molecule has 0 atom stereocenters. The van der Waals surface area contributed by atoms with Gasteiger partial charge >= 0.3 is 0 Å². The van der Waals surface area contributed by atoms with Gasteiger partial charge in [0.25, 0.3) is 5.91 Å². The monoisotopic (exact) mass is 311 g/mol. The molecular weight excluding hydrogens is 294 g/mol. The van der Waals surface area contributed by atoms with Gasteiger partial charge < -0.3 is 4.57 Å². The van der Waals surface area contributed by atoms with E-state index in [0.29, 0.717) is 17.0 Å². The van der Waals surface area contributed by atoms with Gasteiger partial charge in [-0.2, -0.15) is 0 Å². The van der Waals surface area contributed by atoms with Crippen molar-refractivity contribution < 1.29 is 9.63 Å². The summed E-state index contributed by atoms with van der Waals surface area (Å²) in [7, 11) is 4.87. The van der Waals surface area contributed by atoms with Crippen molar-refractivity contribution in [1.29, 1.82) is 0 Å². The van der Waals surface area contributed by atoms with E-state index in [-0.39, 0.29) is 5.91 Å². The van der Waals surface area contributed by atoms with Gasteiger partial charge in [0, 0.05) is 38.2 Å². The van der Waals surface area contributed by atoms with Crippen LogP contribution in [0.15, 0.2) is 30.7 Å². The predicted molar refractivity (Wildman–Crippen MR) is 85.6 cm³/mol. The molecule has 118 valence electrons. The van der Waals surface area contributed by atoms with Crippen molar-refractivity contribution in [2.75, 3.05) is 14.2 Å². The van der Waals surface area contributed by atoms with Crippen molar-refractivity contribution in [1.82, 2.24) is 24.6 Å². The molecule has 0 aliphatic rings. The molecular formula is C16H17N5O2. The Kier molecular flexibility index (Phi) is 3.79. The van der Waals surface area contributed by atoms with Gasteiger partial charge in [-0.1, -0.05) is 0 Å². The van der Waals surface area contributed by atoms with Crippen molar-refractivity contribution >= 4 is 17.1 Å². The Balaban J connectivity index is 2.20. The SMILES string of the molecule is CON(C)C(=O)c1cnccc1-c1nc2cc(C)cnc2n1C. The first-order valence-corrected chi connectivity index (χ1v) is 7.08. The summed E-state index contributed by atoms with van der Waals surface area (Å²) < 4.78 is 1.87. The molecule has 7 nitrogen and oxygen atoms in total. The van der Waals surface area contributed by atoms with Crippen LogP contribution < -0.4 is 0 Å². The lowest BCUT2D eigenvalue weighted by atomic mass is 10.1. The van der Waals surface area contributed by atoms with Crippen molar-refractivity contribution in [2.45, 2.75) is 6.92 Å². The van der Waals surface area contributed by atoms with E-state index in [1.165, 1.54) is 13.3 Å². The van der Waals surface area contributed by atoms with Crippen LogP contribution >= 0.6 is 0 Å². The molecule has 0 aromatic carbocycles. The minimum atomic E-state index is -0.285. The van der Waals surface area contributed by atoms with E-state index in [1.807, 2.05) is 24.6 Å². The first-order valence-electron chi connectivity index (χ1n) is 7.08. The van der Waals surface area contributed by atoms with Crippen LogP contribution in [0.1, 0.15) is 15.9 Å². The highest BCUT2D eigenvalue weighted by molar-refractivity contribution is 5.99. The Morgan fingerprint density at radius 2 is 2.13 bits per heavy atom. The fourth-order valence-electron chi connectivity index (χ4n) is 2.43. The largest absolute Gasteiger partial charge is 0.312 e. The Bertz CT molecular complexity index is 887. The maximum Gasteiger partial charge on any atom is 0.279 e. The summed E-state index contributed by atoms with van der Waals surface area (Å²) in [6.07, 6.45) is 4.95. The molecule has 0 unspecified atom stereocenters. The Labute approximate surface area is 133 Å². The Morgan fingerprint density at radius 3 is 2.87 bits per heavy atom. The number of carbonyl (C=O) groups excluding carboxylic acids is 1. The summed E-state index contributed by atoms with van der Waals surface area (Å²) >= 11 is 0. The zero-order chi connectivity index (χ0) is 16.6. The average Bonchev–Trinajstić information content (AvgIpc) is 2.89. The first kappa shape index (κ1) is 15.1. The van der Waals surface area contributed by atoms with Gasteiger partial charge in [-0.25, -0.2) is 15.0 Å². The second kappa shape index (κ2) is 5.77. The molecule has 3 aromatic rings. The van der Waals surface area contributed by atoms with Gasteiger partial charge in [0.1, 0.15) is 11.3 Å². The maximum atomic E-state index is 12.5. The van der Waals surface area contributed by atoms with Crippen LogP contribution in [0.3, 0.4) is 0 Å². The predicted octanol–water partition coefficient (Wildman–Crippen LogP) is 1.97. The van der Waals surface area contributed by atoms with E-state index in [4.69, 9.17) is 4.84 Å². The number of aryl methyl sites for hydroxylation is 2. The average molecular weight is 311 g/mol. The number of rotatable bonds is 3. The van der Waals surface area contributed by atoms with Crippen molar-refractivity contribution in [3.05, 3.63) is 41.9 Å². The second-order valence-corrected chi connectivity index (χ2v) is 5.26. The molecule has 1 amide bonds. The normalized spacial score (nSPS) is 11.0. The number of carbonyl (C=O) groups is 1. The zero-order valence-electron chi connectivity index (χ0n) is 13.4. The number of hydrogen-bond acceptors (Lipinski definition) is 5. The lowest BCUT2D eigenvalue weighted by molar-refractivity contribution is -0.0756. The molecule has 0 N–H and O–H groups in total. The van der Waals surface area contributed by atoms with Crippen LogP contribution in [0.4, 0.5) is 0 Å². The molecule has 7 heteroatoms. The van der Waals surface area contributed by atoms with Crippen LogP contribution in [-0.2, 0) is 11.9 Å². The molecule has 0 aliphatic heterocycles. The number of amides is 1. The van der Waals surface area contributed by atoms with Crippen molar-refractivity contribution in [3.63, 3.8) is 0 Å². The van der Waals surface area contributed by atoms with Crippen LogP contribution in [0.25, 0.3) is 22.6 Å². The number of fused-ring (bicyclic) bond motifs is 1. The summed E-state index contributed by atoms with van der Waals surface area (Å²) in [6.45, 7) is 1.97. The summed E-state index contributed by atoms with van der Waals surface area (Å²) in [6, 6.07) is 3.74. The van der Waals surface area contributed by atoms with Crippen molar-refractivity contribution in [3.8, 4) is 11.4 Å². The molecule has 3 heterocycles. The molecule has 23 heavy (non-hydrogen) atoms. The molecule has 3 aromatic heterocycles. The van der Waals surface area contributed by atoms with Gasteiger partial charge in [-0.15, -0.1) is 0 Å². The van der Waals surface area contributed by atoms with Gasteiger partial charge in [-0.3, -0.25) is 14.6 Å². The van der Waals surface area contributed by atoms with E-state index in [1.54, 1.807) is 25.5 Å². The minimum absolute atomic E-state index is 0.285. The van der Waals surface area contributed by atoms with Gasteiger partial charge in [-0.05, 0) is 24.6 Å². The summed E-state index contributed by atoms with van der Waals surface area (Å²) in [5, 5.41) is 1.16. The number of aromatic nitrogens is 4. The first-order chi connectivity index (χ1) is 11.0. The number of hydroxylamine groups is 2. The fourth-order valence-corrected chi connectivity index (χ4v) is 2.43. The molecule has 0 spiro atoms. The van der Waals surface area contributed by atoms with Crippen LogP contribution in [0, 0.1) is 6.92 Å². The van der Waals surface area contributed by atoms with Crippen LogP contribution in [-0.4, -0.2) is 44.6 Å². The quantitative estimate of drug-likeness (QED) is 0.691. The topological polar surface area (TPSA) is 73.1 Å². The Hall–Kier alpha value is -2.80. The molecule has 0 fully saturated rings. The highest BCUT2D eigenvalue weighted by Crippen LogP contribution is 2.26. The lowest BCUT2D eigenvalue weighted by Crippen LogP contribution is -2.26. The number of hydrogen-bond donors (Lipinski definition) is 0. The standard InChI is InChI=1S/C16H17N5O2/c1-10-7-13-15(18-8-10)20(2)14(19-13)11-5-6-17-9-12(11)16(22)21(3)23-4/h5-9H,1-4H3. The number of nitrogens with zero attached hydrogens (tertiary/aromatic N) is 5. The highest BCUT2D eigenvalue weighted by atomic mass is 16.7. The van der Waals surface area contributed by atoms with Gasteiger partial charge in [0.05, 0.1) is 12.7 Å². The third-order valence-corrected chi connectivity index (χ3v) is 3.70.